The molecule has 0 aliphatic heterocycles. The molecule has 1 fully saturated rings. The number of methoxy groups -OCH3 is 1. The van der Waals surface area contributed by atoms with Crippen molar-refractivity contribution in [3.63, 3.8) is 0 Å². The molecule has 1 aliphatic carbocycles. The van der Waals surface area contributed by atoms with Gasteiger partial charge in [-0.25, -0.2) is 4.39 Å². The Labute approximate surface area is 101 Å². The minimum absolute atomic E-state index is 0.0861. The number of rotatable bonds is 4. The lowest BCUT2D eigenvalue weighted by Gasteiger charge is -2.16. The van der Waals surface area contributed by atoms with Crippen LogP contribution in [-0.2, 0) is 6.42 Å². The molecule has 1 aromatic rings. The van der Waals surface area contributed by atoms with Crippen molar-refractivity contribution in [1.82, 2.24) is 0 Å². The first-order chi connectivity index (χ1) is 7.95. The highest BCUT2D eigenvalue weighted by atomic mass is 19.1. The second kappa shape index (κ2) is 4.30. The van der Waals surface area contributed by atoms with Crippen LogP contribution < -0.4 is 4.74 Å². The molecule has 1 aromatic carbocycles. The summed E-state index contributed by atoms with van der Waals surface area (Å²) in [5.74, 6) is 0.431. The lowest BCUT2D eigenvalue weighted by atomic mass is 9.97. The van der Waals surface area contributed by atoms with Crippen LogP contribution in [0.25, 0.3) is 0 Å². The normalized spacial score (nSPS) is 17.3. The molecule has 0 bridgehead atoms. The maximum atomic E-state index is 14.0. The van der Waals surface area contributed by atoms with E-state index in [-0.39, 0.29) is 11.7 Å². The highest BCUT2D eigenvalue weighted by molar-refractivity contribution is 5.41. The quantitative estimate of drug-likeness (QED) is 0.873. The van der Waals surface area contributed by atoms with Gasteiger partial charge in [-0.1, -0.05) is 13.8 Å². The summed E-state index contributed by atoms with van der Waals surface area (Å²) in [6.45, 7) is 3.88. The first kappa shape index (κ1) is 12.4. The molecule has 3 heteroatoms. The van der Waals surface area contributed by atoms with Crippen molar-refractivity contribution in [1.29, 1.82) is 0 Å². The topological polar surface area (TPSA) is 29.5 Å². The van der Waals surface area contributed by atoms with Crippen LogP contribution in [0.5, 0.6) is 5.75 Å². The summed E-state index contributed by atoms with van der Waals surface area (Å²) in [5, 5.41) is 9.85. The van der Waals surface area contributed by atoms with Gasteiger partial charge in [0.25, 0.3) is 0 Å². The summed E-state index contributed by atoms with van der Waals surface area (Å²) in [6.07, 6.45) is 2.13. The Balaban J connectivity index is 2.34. The van der Waals surface area contributed by atoms with Crippen LogP contribution in [0.2, 0.25) is 0 Å². The van der Waals surface area contributed by atoms with Crippen molar-refractivity contribution in [3.05, 3.63) is 29.1 Å². The molecule has 1 N–H and O–H groups in total. The number of benzene rings is 1. The molecule has 17 heavy (non-hydrogen) atoms. The fourth-order valence-electron chi connectivity index (χ4n) is 2.18. The Bertz CT molecular complexity index is 422. The fourth-order valence-corrected chi connectivity index (χ4v) is 2.18. The molecule has 0 unspecified atom stereocenters. The third-order valence-corrected chi connectivity index (χ3v) is 3.31. The molecule has 2 nitrogen and oxygen atoms in total. The minimum Gasteiger partial charge on any atom is -0.496 e. The Hall–Kier alpha value is -1.09. The number of hydrogen-bond donors (Lipinski definition) is 1. The van der Waals surface area contributed by atoms with Gasteiger partial charge in [0.05, 0.1) is 12.7 Å². The molecule has 2 rings (SSSR count). The van der Waals surface area contributed by atoms with E-state index in [9.17, 15) is 9.50 Å². The van der Waals surface area contributed by atoms with Gasteiger partial charge >= 0.3 is 0 Å². The van der Waals surface area contributed by atoms with Crippen molar-refractivity contribution in [2.45, 2.75) is 44.6 Å². The average Bonchev–Trinajstić information content (AvgIpc) is 2.94. The zero-order chi connectivity index (χ0) is 12.6. The Morgan fingerprint density at radius 2 is 2.06 bits per heavy atom. The number of halogens is 1. The average molecular weight is 238 g/mol. The van der Waals surface area contributed by atoms with Gasteiger partial charge in [-0.3, -0.25) is 0 Å². The molecule has 0 amide bonds. The molecule has 0 atom stereocenters. The van der Waals surface area contributed by atoms with Crippen LogP contribution >= 0.6 is 0 Å². The first-order valence-corrected chi connectivity index (χ1v) is 6.04. The summed E-state index contributed by atoms with van der Waals surface area (Å²) in [6, 6.07) is 3.36. The molecule has 0 spiro atoms. The van der Waals surface area contributed by atoms with Gasteiger partial charge in [-0.05, 0) is 36.5 Å². The van der Waals surface area contributed by atoms with Gasteiger partial charge < -0.3 is 9.84 Å². The van der Waals surface area contributed by atoms with Crippen LogP contribution in [0, 0.1) is 5.82 Å². The second-order valence-corrected chi connectivity index (χ2v) is 5.25. The maximum Gasteiger partial charge on any atom is 0.130 e. The SMILES string of the molecule is COc1cc(CC2(O)CC2)cc(F)c1C(C)C. The summed E-state index contributed by atoms with van der Waals surface area (Å²) in [7, 11) is 1.55. The maximum absolute atomic E-state index is 14.0. The zero-order valence-corrected chi connectivity index (χ0v) is 10.6. The Morgan fingerprint density at radius 3 is 2.53 bits per heavy atom. The van der Waals surface area contributed by atoms with Gasteiger partial charge in [-0.2, -0.15) is 0 Å². The van der Waals surface area contributed by atoms with E-state index in [0.29, 0.717) is 17.7 Å². The highest BCUT2D eigenvalue weighted by Gasteiger charge is 2.40. The standard InChI is InChI=1S/C14H19FO2/c1-9(2)13-11(15)6-10(7-12(13)17-3)8-14(16)4-5-14/h6-7,9,16H,4-5,8H2,1-3H3. The smallest absolute Gasteiger partial charge is 0.130 e. The molecule has 1 aliphatic rings. The van der Waals surface area contributed by atoms with Crippen molar-refractivity contribution in [2.75, 3.05) is 7.11 Å². The Morgan fingerprint density at radius 1 is 1.41 bits per heavy atom. The predicted molar refractivity (Wildman–Crippen MR) is 64.9 cm³/mol. The predicted octanol–water partition coefficient (Wildman–Crippen LogP) is 3.03. The zero-order valence-electron chi connectivity index (χ0n) is 10.6. The molecule has 0 heterocycles. The van der Waals surface area contributed by atoms with Crippen LogP contribution in [0.1, 0.15) is 43.7 Å². The van der Waals surface area contributed by atoms with Gasteiger partial charge in [-0.15, -0.1) is 0 Å². The molecular weight excluding hydrogens is 219 g/mol. The van der Waals surface area contributed by atoms with Crippen molar-refractivity contribution in [2.24, 2.45) is 0 Å². The van der Waals surface area contributed by atoms with Gasteiger partial charge in [0.15, 0.2) is 0 Å². The lowest BCUT2D eigenvalue weighted by molar-refractivity contribution is 0.151. The van der Waals surface area contributed by atoms with Crippen LogP contribution in [0.3, 0.4) is 0 Å². The third-order valence-electron chi connectivity index (χ3n) is 3.31. The molecule has 94 valence electrons. The van der Waals surface area contributed by atoms with E-state index in [1.165, 1.54) is 6.07 Å². The van der Waals surface area contributed by atoms with Crippen LogP contribution in [0.4, 0.5) is 4.39 Å². The first-order valence-electron chi connectivity index (χ1n) is 6.04. The van der Waals surface area contributed by atoms with E-state index in [2.05, 4.69) is 0 Å². The fraction of sp³-hybridized carbons (Fsp3) is 0.571. The molecular formula is C14H19FO2. The molecule has 1 saturated carbocycles. The van der Waals surface area contributed by atoms with Crippen molar-refractivity contribution >= 4 is 0 Å². The van der Waals surface area contributed by atoms with Gasteiger partial charge in [0.1, 0.15) is 11.6 Å². The summed E-state index contributed by atoms with van der Waals surface area (Å²) in [4.78, 5) is 0. The van der Waals surface area contributed by atoms with Crippen molar-refractivity contribution < 1.29 is 14.2 Å². The monoisotopic (exact) mass is 238 g/mol. The largest absolute Gasteiger partial charge is 0.496 e. The summed E-state index contributed by atoms with van der Waals surface area (Å²) >= 11 is 0. The van der Waals surface area contributed by atoms with E-state index in [1.54, 1.807) is 7.11 Å². The Kier molecular flexibility index (Phi) is 3.13. The number of ether oxygens (including phenoxy) is 1. The van der Waals surface area contributed by atoms with Gasteiger partial charge in [0, 0.05) is 12.0 Å². The van der Waals surface area contributed by atoms with E-state index in [1.807, 2.05) is 19.9 Å². The highest BCUT2D eigenvalue weighted by Crippen LogP contribution is 2.40. The van der Waals surface area contributed by atoms with Crippen molar-refractivity contribution in [3.8, 4) is 5.75 Å². The van der Waals surface area contributed by atoms with E-state index >= 15 is 0 Å². The van der Waals surface area contributed by atoms with Crippen LogP contribution in [-0.4, -0.2) is 17.8 Å². The minimum atomic E-state index is -0.600. The van der Waals surface area contributed by atoms with Gasteiger partial charge in [0.2, 0.25) is 0 Å². The third kappa shape index (κ3) is 2.60. The van der Waals surface area contributed by atoms with E-state index in [0.717, 1.165) is 18.4 Å². The van der Waals surface area contributed by atoms with E-state index < -0.39 is 5.60 Å². The summed E-state index contributed by atoms with van der Waals surface area (Å²) < 4.78 is 19.2. The number of aliphatic hydroxyl groups is 1. The molecule has 0 aromatic heterocycles. The number of hydrogen-bond acceptors (Lipinski definition) is 2. The van der Waals surface area contributed by atoms with Crippen LogP contribution in [0.15, 0.2) is 12.1 Å². The molecule has 0 radical (unpaired) electrons. The second-order valence-electron chi connectivity index (χ2n) is 5.25. The molecule has 0 saturated heterocycles. The lowest BCUT2D eigenvalue weighted by Crippen LogP contribution is -2.11. The van der Waals surface area contributed by atoms with E-state index in [4.69, 9.17) is 4.74 Å². The summed E-state index contributed by atoms with van der Waals surface area (Å²) in [5.41, 5.74) is 0.819.